The number of hydrogen-bond acceptors (Lipinski definition) is 7. The molecule has 1 saturated heterocycles. The van der Waals surface area contributed by atoms with E-state index in [9.17, 15) is 14.7 Å². The SMILES string of the molecule is CNc1ncc(C(=O)N2CCCC(C(O)(CCCNC(=O)OC)c3cccc(Cl)c3-c3cccc(C)c3)C2)cn1. The Morgan fingerprint density at radius 1 is 1.20 bits per heavy atom. The molecular weight excluding hydrogens is 530 g/mol. The summed E-state index contributed by atoms with van der Waals surface area (Å²) >= 11 is 6.80. The van der Waals surface area contributed by atoms with Gasteiger partial charge < -0.3 is 25.4 Å². The van der Waals surface area contributed by atoms with E-state index in [0.717, 1.165) is 29.5 Å². The summed E-state index contributed by atoms with van der Waals surface area (Å²) in [4.78, 5) is 35.2. The standard InChI is InChI=1S/C30H36ClN5O4/c1-20-8-4-9-21(16-20)26-24(11-5-12-25(26)31)30(39,13-7-14-33-29(38)40-3)23-10-6-15-36(19-23)27(37)22-17-34-28(32-2)35-18-22/h4-5,8-9,11-12,16-18,23,39H,6-7,10,13-15,19H2,1-3H3,(H,33,38)(H,32,34,35). The van der Waals surface area contributed by atoms with Gasteiger partial charge in [0.2, 0.25) is 5.95 Å². The van der Waals surface area contributed by atoms with E-state index in [0.29, 0.717) is 54.6 Å². The van der Waals surface area contributed by atoms with Crippen LogP contribution in [0.5, 0.6) is 0 Å². The molecule has 40 heavy (non-hydrogen) atoms. The molecule has 0 spiro atoms. The zero-order chi connectivity index (χ0) is 28.7. The molecule has 3 N–H and O–H groups in total. The predicted molar refractivity (Wildman–Crippen MR) is 155 cm³/mol. The summed E-state index contributed by atoms with van der Waals surface area (Å²) in [5.41, 5.74) is 2.55. The number of carbonyl (C=O) groups is 2. The molecule has 1 aromatic heterocycles. The van der Waals surface area contributed by atoms with Crippen molar-refractivity contribution in [3.05, 3.63) is 76.6 Å². The highest BCUT2D eigenvalue weighted by atomic mass is 35.5. The van der Waals surface area contributed by atoms with Crippen LogP contribution in [-0.2, 0) is 10.3 Å². The van der Waals surface area contributed by atoms with Crippen molar-refractivity contribution in [3.63, 3.8) is 0 Å². The summed E-state index contributed by atoms with van der Waals surface area (Å²) in [6.07, 6.45) is 4.81. The van der Waals surface area contributed by atoms with Crippen LogP contribution in [0, 0.1) is 12.8 Å². The first-order chi connectivity index (χ1) is 19.3. The fraction of sp³-hybridized carbons (Fsp3) is 0.400. The van der Waals surface area contributed by atoms with Crippen molar-refractivity contribution in [3.8, 4) is 11.1 Å². The van der Waals surface area contributed by atoms with Gasteiger partial charge in [0.05, 0.1) is 18.3 Å². The number of likely N-dealkylation sites (tertiary alicyclic amines) is 1. The minimum Gasteiger partial charge on any atom is -0.453 e. The second-order valence-electron chi connectivity index (χ2n) is 10.1. The maximum Gasteiger partial charge on any atom is 0.406 e. The number of benzene rings is 2. The Labute approximate surface area is 239 Å². The maximum atomic E-state index is 13.4. The number of amides is 2. The summed E-state index contributed by atoms with van der Waals surface area (Å²) in [5, 5.41) is 18.7. The Hall–Kier alpha value is -3.69. The van der Waals surface area contributed by atoms with Crippen molar-refractivity contribution in [2.75, 3.05) is 39.1 Å². The van der Waals surface area contributed by atoms with E-state index in [2.05, 4.69) is 26.7 Å². The Balaban J connectivity index is 1.69. The third-order valence-corrected chi connectivity index (χ3v) is 7.80. The quantitative estimate of drug-likeness (QED) is 0.312. The van der Waals surface area contributed by atoms with Crippen molar-refractivity contribution in [2.24, 2.45) is 5.92 Å². The lowest BCUT2D eigenvalue weighted by atomic mass is 9.72. The monoisotopic (exact) mass is 565 g/mol. The zero-order valence-electron chi connectivity index (χ0n) is 23.1. The van der Waals surface area contributed by atoms with Crippen LogP contribution in [0.2, 0.25) is 5.02 Å². The number of hydrogen-bond donors (Lipinski definition) is 3. The van der Waals surface area contributed by atoms with Crippen LogP contribution in [-0.4, -0.2) is 65.8 Å². The molecule has 1 aliphatic rings. The molecule has 10 heteroatoms. The van der Waals surface area contributed by atoms with E-state index in [4.69, 9.17) is 16.3 Å². The first-order valence-electron chi connectivity index (χ1n) is 13.5. The number of aryl methyl sites for hydroxylation is 1. The van der Waals surface area contributed by atoms with Crippen LogP contribution in [0.1, 0.15) is 47.2 Å². The van der Waals surface area contributed by atoms with Crippen LogP contribution >= 0.6 is 11.6 Å². The van der Waals surface area contributed by atoms with Gasteiger partial charge in [0.15, 0.2) is 0 Å². The summed E-state index contributed by atoms with van der Waals surface area (Å²) in [5.74, 6) is -0.0115. The fourth-order valence-corrected chi connectivity index (χ4v) is 5.74. The van der Waals surface area contributed by atoms with Gasteiger partial charge in [-0.2, -0.15) is 0 Å². The fourth-order valence-electron chi connectivity index (χ4n) is 5.46. The van der Waals surface area contributed by atoms with Gasteiger partial charge in [0.25, 0.3) is 5.91 Å². The second kappa shape index (κ2) is 13.1. The number of aromatic nitrogens is 2. The second-order valence-corrected chi connectivity index (χ2v) is 10.5. The van der Waals surface area contributed by atoms with Crippen molar-refractivity contribution < 1.29 is 19.4 Å². The topological polar surface area (TPSA) is 117 Å². The molecule has 0 saturated carbocycles. The van der Waals surface area contributed by atoms with Crippen LogP contribution in [0.3, 0.4) is 0 Å². The molecule has 1 aliphatic heterocycles. The third-order valence-electron chi connectivity index (χ3n) is 7.48. The van der Waals surface area contributed by atoms with Gasteiger partial charge in [-0.15, -0.1) is 0 Å². The molecule has 2 amide bonds. The Morgan fingerprint density at radius 2 is 1.95 bits per heavy atom. The molecule has 2 heterocycles. The van der Waals surface area contributed by atoms with Crippen molar-refractivity contribution in [2.45, 2.75) is 38.2 Å². The van der Waals surface area contributed by atoms with Crippen molar-refractivity contribution in [1.82, 2.24) is 20.2 Å². The number of methoxy groups -OCH3 is 1. The lowest BCUT2D eigenvalue weighted by Crippen LogP contribution is -2.48. The number of aliphatic hydroxyl groups is 1. The predicted octanol–water partition coefficient (Wildman–Crippen LogP) is 5.02. The molecule has 0 radical (unpaired) electrons. The first-order valence-corrected chi connectivity index (χ1v) is 13.8. The van der Waals surface area contributed by atoms with Crippen molar-refractivity contribution >= 4 is 29.5 Å². The lowest BCUT2D eigenvalue weighted by molar-refractivity contribution is -0.0563. The van der Waals surface area contributed by atoms with Crippen LogP contribution in [0.15, 0.2) is 54.9 Å². The average molecular weight is 566 g/mol. The van der Waals surface area contributed by atoms with E-state index < -0.39 is 11.7 Å². The number of piperidine rings is 1. The molecule has 212 valence electrons. The number of alkyl carbamates (subject to hydrolysis) is 1. The van der Waals surface area contributed by atoms with E-state index in [1.54, 1.807) is 11.9 Å². The zero-order valence-corrected chi connectivity index (χ0v) is 23.9. The number of ether oxygens (including phenoxy) is 1. The number of nitrogens with zero attached hydrogens (tertiary/aromatic N) is 3. The molecule has 2 atom stereocenters. The molecule has 9 nitrogen and oxygen atoms in total. The Morgan fingerprint density at radius 3 is 2.65 bits per heavy atom. The minimum atomic E-state index is -1.33. The Bertz CT molecular complexity index is 1340. The molecule has 2 aromatic carbocycles. The maximum absolute atomic E-state index is 13.4. The van der Waals surface area contributed by atoms with E-state index >= 15 is 0 Å². The first kappa shape index (κ1) is 29.3. The molecule has 4 rings (SSSR count). The average Bonchev–Trinajstić information content (AvgIpc) is 2.98. The van der Waals surface area contributed by atoms with Crippen molar-refractivity contribution in [1.29, 1.82) is 0 Å². The molecule has 3 aromatic rings. The Kier molecular flexibility index (Phi) is 9.60. The van der Waals surface area contributed by atoms with E-state index in [-0.39, 0.29) is 11.8 Å². The number of rotatable bonds is 9. The van der Waals surface area contributed by atoms with Gasteiger partial charge in [-0.25, -0.2) is 14.8 Å². The normalized spacial score (nSPS) is 16.6. The lowest BCUT2D eigenvalue weighted by Gasteiger charge is -2.43. The van der Waals surface area contributed by atoms with Gasteiger partial charge in [-0.3, -0.25) is 4.79 Å². The smallest absolute Gasteiger partial charge is 0.406 e. The number of halogens is 1. The highest BCUT2D eigenvalue weighted by Gasteiger charge is 2.43. The summed E-state index contributed by atoms with van der Waals surface area (Å²) in [6, 6.07) is 13.6. The minimum absolute atomic E-state index is 0.174. The summed E-state index contributed by atoms with van der Waals surface area (Å²) in [7, 11) is 3.03. The summed E-state index contributed by atoms with van der Waals surface area (Å²) in [6.45, 7) is 3.28. The van der Waals surface area contributed by atoms with E-state index in [1.807, 2.05) is 43.3 Å². The van der Waals surface area contributed by atoms with Gasteiger partial charge in [0, 0.05) is 55.6 Å². The molecule has 0 bridgehead atoms. The van der Waals surface area contributed by atoms with E-state index in [1.165, 1.54) is 19.5 Å². The van der Waals surface area contributed by atoms with Crippen LogP contribution < -0.4 is 10.6 Å². The van der Waals surface area contributed by atoms with Crippen LogP contribution in [0.25, 0.3) is 11.1 Å². The highest BCUT2D eigenvalue weighted by molar-refractivity contribution is 6.33. The van der Waals surface area contributed by atoms with Gasteiger partial charge in [-0.05, 0) is 49.8 Å². The number of anilines is 1. The van der Waals surface area contributed by atoms with Crippen LogP contribution in [0.4, 0.5) is 10.7 Å². The molecule has 0 aliphatic carbocycles. The number of nitrogens with one attached hydrogen (secondary N) is 2. The molecule has 2 unspecified atom stereocenters. The molecule has 1 fully saturated rings. The third kappa shape index (κ3) is 6.54. The van der Waals surface area contributed by atoms with Gasteiger partial charge in [0.1, 0.15) is 0 Å². The number of carbonyl (C=O) groups excluding carboxylic acids is 2. The highest BCUT2D eigenvalue weighted by Crippen LogP contribution is 2.45. The summed E-state index contributed by atoms with van der Waals surface area (Å²) < 4.78 is 4.70. The largest absolute Gasteiger partial charge is 0.453 e. The molecular formula is C30H36ClN5O4. The van der Waals surface area contributed by atoms with Gasteiger partial charge >= 0.3 is 6.09 Å². The van der Waals surface area contributed by atoms with Gasteiger partial charge in [-0.1, -0.05) is 53.6 Å².